The molecule has 0 spiro atoms. The number of hydrogen-bond donors (Lipinski definition) is 0. The summed E-state index contributed by atoms with van der Waals surface area (Å²) in [5.41, 5.74) is 0. The lowest BCUT2D eigenvalue weighted by molar-refractivity contribution is 0.641. The molecule has 1 heterocycles. The number of hydrogen-bond acceptors (Lipinski definition) is 3. The van der Waals surface area contributed by atoms with Crippen molar-refractivity contribution >= 4 is 23.4 Å². The Morgan fingerprint density at radius 2 is 2.00 bits per heavy atom. The highest BCUT2D eigenvalue weighted by Gasteiger charge is 2.09. The molecule has 1 aromatic heterocycles. The molecular formula is C9H13ClN2S. The van der Waals surface area contributed by atoms with Gasteiger partial charge < -0.3 is 0 Å². The Hall–Kier alpha value is -0.280. The summed E-state index contributed by atoms with van der Waals surface area (Å²) in [6.07, 6.45) is 3.29. The molecule has 0 aliphatic carbocycles. The third-order valence-electron chi connectivity index (χ3n) is 1.83. The molecule has 0 fully saturated rings. The van der Waals surface area contributed by atoms with E-state index in [-0.39, 0.29) is 0 Å². The first-order chi connectivity index (χ1) is 6.09. The quantitative estimate of drug-likeness (QED) is 0.726. The Balaban J connectivity index is 2.64. The van der Waals surface area contributed by atoms with Crippen LogP contribution in [0.4, 0.5) is 0 Å². The summed E-state index contributed by atoms with van der Waals surface area (Å²) in [5, 5.41) is 1.89. The van der Waals surface area contributed by atoms with Crippen molar-refractivity contribution in [2.75, 3.05) is 0 Å². The van der Waals surface area contributed by atoms with Gasteiger partial charge in [0, 0.05) is 5.25 Å². The first-order valence-electron chi connectivity index (χ1n) is 4.24. The molecule has 0 aliphatic heterocycles. The monoisotopic (exact) mass is 216 g/mol. The summed E-state index contributed by atoms with van der Waals surface area (Å²) in [6, 6.07) is 0. The standard InChI is InChI=1S/C9H13ClN2S/c1-6(2)7(3)13-9-5-11-4-8(10)12-9/h4-7H,1-3H3. The summed E-state index contributed by atoms with van der Waals surface area (Å²) in [5.74, 6) is 0.630. The molecule has 13 heavy (non-hydrogen) atoms. The van der Waals surface area contributed by atoms with Crippen molar-refractivity contribution < 1.29 is 0 Å². The van der Waals surface area contributed by atoms with Gasteiger partial charge in [-0.1, -0.05) is 32.4 Å². The van der Waals surface area contributed by atoms with Gasteiger partial charge in [-0.25, -0.2) is 4.98 Å². The van der Waals surface area contributed by atoms with Crippen molar-refractivity contribution in [2.45, 2.75) is 31.0 Å². The second-order valence-corrected chi connectivity index (χ2v) is 5.03. The van der Waals surface area contributed by atoms with Gasteiger partial charge in [-0.3, -0.25) is 4.98 Å². The van der Waals surface area contributed by atoms with Crippen LogP contribution in [0.1, 0.15) is 20.8 Å². The zero-order valence-electron chi connectivity index (χ0n) is 7.99. The molecule has 1 rings (SSSR count). The fourth-order valence-electron chi connectivity index (χ4n) is 0.709. The van der Waals surface area contributed by atoms with Crippen molar-refractivity contribution in [3.8, 4) is 0 Å². The van der Waals surface area contributed by atoms with Crippen LogP contribution >= 0.6 is 23.4 Å². The minimum atomic E-state index is 0.459. The Morgan fingerprint density at radius 3 is 2.54 bits per heavy atom. The van der Waals surface area contributed by atoms with E-state index < -0.39 is 0 Å². The number of thioether (sulfide) groups is 1. The zero-order chi connectivity index (χ0) is 9.84. The van der Waals surface area contributed by atoms with Crippen LogP contribution in [-0.2, 0) is 0 Å². The van der Waals surface area contributed by atoms with Gasteiger partial charge in [-0.15, -0.1) is 11.8 Å². The third kappa shape index (κ3) is 3.53. The van der Waals surface area contributed by atoms with E-state index in [1.807, 2.05) is 0 Å². The molecule has 0 aromatic carbocycles. The molecule has 1 atom stereocenters. The second kappa shape index (κ2) is 4.82. The minimum absolute atomic E-state index is 0.459. The highest BCUT2D eigenvalue weighted by atomic mass is 35.5. The molecule has 0 bridgehead atoms. The van der Waals surface area contributed by atoms with Crippen LogP contribution in [-0.4, -0.2) is 15.2 Å². The predicted octanol–water partition coefficient (Wildman–Crippen LogP) is 3.27. The van der Waals surface area contributed by atoms with E-state index >= 15 is 0 Å². The van der Waals surface area contributed by atoms with E-state index in [2.05, 4.69) is 30.7 Å². The fraction of sp³-hybridized carbons (Fsp3) is 0.556. The Bertz CT molecular complexity index is 278. The van der Waals surface area contributed by atoms with Crippen molar-refractivity contribution in [1.29, 1.82) is 0 Å². The third-order valence-corrected chi connectivity index (χ3v) is 3.36. The van der Waals surface area contributed by atoms with Gasteiger partial charge in [-0.2, -0.15) is 0 Å². The SMILES string of the molecule is CC(C)C(C)Sc1cncc(Cl)n1. The van der Waals surface area contributed by atoms with Crippen LogP contribution in [0.15, 0.2) is 17.4 Å². The van der Waals surface area contributed by atoms with Crippen LogP contribution in [0.5, 0.6) is 0 Å². The van der Waals surface area contributed by atoms with E-state index in [9.17, 15) is 0 Å². The van der Waals surface area contributed by atoms with Gasteiger partial charge >= 0.3 is 0 Å². The van der Waals surface area contributed by atoms with E-state index in [1.54, 1.807) is 24.2 Å². The smallest absolute Gasteiger partial charge is 0.148 e. The Morgan fingerprint density at radius 1 is 1.31 bits per heavy atom. The maximum absolute atomic E-state index is 5.72. The van der Waals surface area contributed by atoms with Gasteiger partial charge in [0.2, 0.25) is 0 Å². The normalized spacial score (nSPS) is 13.3. The van der Waals surface area contributed by atoms with E-state index in [4.69, 9.17) is 11.6 Å². The number of nitrogens with zero attached hydrogens (tertiary/aromatic N) is 2. The molecule has 0 saturated heterocycles. The van der Waals surface area contributed by atoms with Gasteiger partial charge in [0.1, 0.15) is 10.2 Å². The predicted molar refractivity (Wildman–Crippen MR) is 57.2 cm³/mol. The average Bonchev–Trinajstić information content (AvgIpc) is 2.04. The molecule has 1 aromatic rings. The van der Waals surface area contributed by atoms with Crippen LogP contribution in [0, 0.1) is 5.92 Å². The van der Waals surface area contributed by atoms with Gasteiger partial charge in [-0.05, 0) is 5.92 Å². The largest absolute Gasteiger partial charge is 0.259 e. The van der Waals surface area contributed by atoms with Crippen molar-refractivity contribution in [3.05, 3.63) is 17.5 Å². The summed E-state index contributed by atoms with van der Waals surface area (Å²) < 4.78 is 0. The zero-order valence-corrected chi connectivity index (χ0v) is 9.56. The van der Waals surface area contributed by atoms with Crippen LogP contribution in [0.2, 0.25) is 5.15 Å². The minimum Gasteiger partial charge on any atom is -0.259 e. The topological polar surface area (TPSA) is 25.8 Å². The van der Waals surface area contributed by atoms with Crippen LogP contribution < -0.4 is 0 Å². The highest BCUT2D eigenvalue weighted by molar-refractivity contribution is 7.99. The molecule has 0 radical (unpaired) electrons. The number of halogens is 1. The first kappa shape index (κ1) is 10.8. The Kier molecular flexibility index (Phi) is 4.00. The molecule has 0 N–H and O–H groups in total. The molecule has 4 heteroatoms. The van der Waals surface area contributed by atoms with Crippen LogP contribution in [0.3, 0.4) is 0 Å². The summed E-state index contributed by atoms with van der Waals surface area (Å²) >= 11 is 7.43. The van der Waals surface area contributed by atoms with E-state index in [1.165, 1.54) is 0 Å². The summed E-state index contributed by atoms with van der Waals surface area (Å²) in [7, 11) is 0. The molecule has 0 amide bonds. The lowest BCUT2D eigenvalue weighted by Crippen LogP contribution is -2.05. The molecule has 72 valence electrons. The lowest BCUT2D eigenvalue weighted by Gasteiger charge is -2.13. The van der Waals surface area contributed by atoms with Gasteiger partial charge in [0.05, 0.1) is 12.4 Å². The first-order valence-corrected chi connectivity index (χ1v) is 5.49. The molecular weight excluding hydrogens is 204 g/mol. The Labute approximate surface area is 88.1 Å². The van der Waals surface area contributed by atoms with E-state index in [0.717, 1.165) is 5.03 Å². The second-order valence-electron chi connectivity index (χ2n) is 3.25. The molecule has 0 aliphatic rings. The van der Waals surface area contributed by atoms with Gasteiger partial charge in [0.15, 0.2) is 0 Å². The molecule has 1 unspecified atom stereocenters. The summed E-state index contributed by atoms with van der Waals surface area (Å²) in [4.78, 5) is 8.14. The lowest BCUT2D eigenvalue weighted by atomic mass is 10.2. The van der Waals surface area contributed by atoms with Gasteiger partial charge in [0.25, 0.3) is 0 Å². The van der Waals surface area contributed by atoms with Crippen molar-refractivity contribution in [2.24, 2.45) is 5.92 Å². The van der Waals surface area contributed by atoms with Crippen molar-refractivity contribution in [3.63, 3.8) is 0 Å². The highest BCUT2D eigenvalue weighted by Crippen LogP contribution is 2.26. The number of aromatic nitrogens is 2. The van der Waals surface area contributed by atoms with Crippen LogP contribution in [0.25, 0.3) is 0 Å². The maximum atomic E-state index is 5.72. The van der Waals surface area contributed by atoms with E-state index in [0.29, 0.717) is 16.3 Å². The molecule has 0 saturated carbocycles. The molecule has 2 nitrogen and oxygen atoms in total. The average molecular weight is 217 g/mol. The summed E-state index contributed by atoms with van der Waals surface area (Å²) in [6.45, 7) is 6.56. The fourth-order valence-corrected chi connectivity index (χ4v) is 1.83. The van der Waals surface area contributed by atoms with Crippen molar-refractivity contribution in [1.82, 2.24) is 9.97 Å². The maximum Gasteiger partial charge on any atom is 0.148 e. The number of rotatable bonds is 3.